The minimum absolute atomic E-state index is 0.344. The average molecular weight is 325 g/mol. The van der Waals surface area contributed by atoms with Gasteiger partial charge in [0, 0.05) is 40.0 Å². The van der Waals surface area contributed by atoms with Gasteiger partial charge in [0.05, 0.1) is 6.10 Å². The summed E-state index contributed by atoms with van der Waals surface area (Å²) >= 11 is 7.94. The molecule has 0 aliphatic carbocycles. The van der Waals surface area contributed by atoms with Crippen LogP contribution < -0.4 is 5.32 Å². The first-order valence-corrected chi connectivity index (χ1v) is 8.13. The topological polar surface area (TPSA) is 35.5 Å². The molecule has 114 valence electrons. The van der Waals surface area contributed by atoms with E-state index in [9.17, 15) is 5.11 Å². The van der Waals surface area contributed by atoms with E-state index in [-0.39, 0.29) is 6.10 Å². The van der Waals surface area contributed by atoms with E-state index in [2.05, 4.69) is 17.4 Å². The van der Waals surface area contributed by atoms with E-state index in [1.807, 2.05) is 43.3 Å². The van der Waals surface area contributed by atoms with Gasteiger partial charge in [-0.3, -0.25) is 0 Å². The summed E-state index contributed by atoms with van der Waals surface area (Å²) in [5.41, 5.74) is 1.07. The molecule has 1 unspecified atom stereocenters. The summed E-state index contributed by atoms with van der Waals surface area (Å²) in [7, 11) is 3.91. The fraction of sp³-hybridized carbons (Fsp3) is 0.375. The highest BCUT2D eigenvalue weighted by Crippen LogP contribution is 2.33. The van der Waals surface area contributed by atoms with Crippen LogP contribution in [0.4, 0.5) is 0 Å². The number of aliphatic hydroxyl groups is 1. The fourth-order valence-electron chi connectivity index (χ4n) is 2.13. The molecule has 2 aromatic rings. The van der Waals surface area contributed by atoms with Crippen LogP contribution in [-0.2, 0) is 6.54 Å². The van der Waals surface area contributed by atoms with Crippen molar-refractivity contribution in [3.8, 4) is 10.4 Å². The van der Waals surface area contributed by atoms with Crippen molar-refractivity contribution in [2.75, 3.05) is 27.2 Å². The molecule has 0 saturated heterocycles. The number of nitrogens with one attached hydrogen (secondary N) is 1. The Labute approximate surface area is 135 Å². The van der Waals surface area contributed by atoms with Crippen molar-refractivity contribution >= 4 is 22.9 Å². The molecule has 1 aromatic carbocycles. The highest BCUT2D eigenvalue weighted by Gasteiger charge is 2.08. The molecular formula is C16H21ClN2OS. The second-order valence-corrected chi connectivity index (χ2v) is 6.87. The van der Waals surface area contributed by atoms with Crippen LogP contribution in [0.2, 0.25) is 5.02 Å². The number of halogens is 1. The molecule has 3 nitrogen and oxygen atoms in total. The van der Waals surface area contributed by atoms with Gasteiger partial charge in [-0.25, -0.2) is 0 Å². The van der Waals surface area contributed by atoms with E-state index in [1.54, 1.807) is 11.3 Å². The minimum atomic E-state index is -0.344. The van der Waals surface area contributed by atoms with E-state index in [0.29, 0.717) is 13.1 Å². The molecule has 1 aromatic heterocycles. The van der Waals surface area contributed by atoms with Crippen LogP contribution in [0.5, 0.6) is 0 Å². The molecule has 21 heavy (non-hydrogen) atoms. The predicted molar refractivity (Wildman–Crippen MR) is 91.0 cm³/mol. The lowest BCUT2D eigenvalue weighted by Crippen LogP contribution is -2.34. The summed E-state index contributed by atoms with van der Waals surface area (Å²) in [6.45, 7) is 2.03. The predicted octanol–water partition coefficient (Wildman–Crippen LogP) is 3.08. The molecule has 0 fully saturated rings. The lowest BCUT2D eigenvalue weighted by Gasteiger charge is -2.16. The molecule has 0 aliphatic heterocycles. The lowest BCUT2D eigenvalue weighted by molar-refractivity contribution is 0.134. The summed E-state index contributed by atoms with van der Waals surface area (Å²) in [4.78, 5) is 4.39. The van der Waals surface area contributed by atoms with Crippen molar-refractivity contribution in [1.82, 2.24) is 10.2 Å². The molecule has 2 rings (SSSR count). The highest BCUT2D eigenvalue weighted by molar-refractivity contribution is 7.15. The number of benzene rings is 1. The van der Waals surface area contributed by atoms with Crippen molar-refractivity contribution in [3.63, 3.8) is 0 Å². The zero-order valence-electron chi connectivity index (χ0n) is 12.3. The largest absolute Gasteiger partial charge is 0.390 e. The molecule has 5 heteroatoms. The summed E-state index contributed by atoms with van der Waals surface area (Å²) in [5, 5.41) is 13.9. The second kappa shape index (κ2) is 7.92. The smallest absolute Gasteiger partial charge is 0.0791 e. The molecule has 2 N–H and O–H groups in total. The first kappa shape index (κ1) is 16.5. The van der Waals surface area contributed by atoms with Gasteiger partial charge in [0.2, 0.25) is 0 Å². The number of hydrogen-bond donors (Lipinski definition) is 2. The summed E-state index contributed by atoms with van der Waals surface area (Å²) in [6.07, 6.45) is -0.344. The maximum atomic E-state index is 9.80. The second-order valence-electron chi connectivity index (χ2n) is 5.29. The van der Waals surface area contributed by atoms with E-state index in [1.165, 1.54) is 9.75 Å². The van der Waals surface area contributed by atoms with Crippen molar-refractivity contribution < 1.29 is 5.11 Å². The van der Waals surface area contributed by atoms with Gasteiger partial charge in [-0.1, -0.05) is 29.8 Å². The van der Waals surface area contributed by atoms with E-state index in [4.69, 9.17) is 11.6 Å². The first-order chi connectivity index (χ1) is 10.1. The molecule has 1 heterocycles. The zero-order valence-corrected chi connectivity index (χ0v) is 13.9. The van der Waals surface area contributed by atoms with Crippen molar-refractivity contribution in [3.05, 3.63) is 46.3 Å². The number of likely N-dealkylation sites (N-methyl/N-ethyl adjacent to an activating group) is 1. The number of rotatable bonds is 7. The maximum Gasteiger partial charge on any atom is 0.0791 e. The fourth-order valence-corrected chi connectivity index (χ4v) is 3.44. The molecule has 0 amide bonds. The Bertz CT molecular complexity index is 571. The van der Waals surface area contributed by atoms with E-state index >= 15 is 0 Å². The summed E-state index contributed by atoms with van der Waals surface area (Å²) in [6, 6.07) is 12.1. The zero-order chi connectivity index (χ0) is 15.2. The monoisotopic (exact) mass is 324 g/mol. The van der Waals surface area contributed by atoms with Gasteiger partial charge >= 0.3 is 0 Å². The van der Waals surface area contributed by atoms with Crippen LogP contribution in [0.15, 0.2) is 36.4 Å². The molecular weight excluding hydrogens is 304 g/mol. The van der Waals surface area contributed by atoms with Crippen LogP contribution >= 0.6 is 22.9 Å². The Kier molecular flexibility index (Phi) is 6.21. The third kappa shape index (κ3) is 5.09. The van der Waals surface area contributed by atoms with Gasteiger partial charge in [-0.2, -0.15) is 0 Å². The van der Waals surface area contributed by atoms with E-state index < -0.39 is 0 Å². The minimum Gasteiger partial charge on any atom is -0.390 e. The number of thiophene rings is 1. The average Bonchev–Trinajstić information content (AvgIpc) is 2.87. The van der Waals surface area contributed by atoms with Gasteiger partial charge in [0.1, 0.15) is 0 Å². The Morgan fingerprint density at radius 3 is 2.71 bits per heavy atom. The van der Waals surface area contributed by atoms with Gasteiger partial charge in [-0.15, -0.1) is 11.3 Å². The Hall–Kier alpha value is -0.910. The van der Waals surface area contributed by atoms with Crippen LogP contribution in [0, 0.1) is 0 Å². The lowest BCUT2D eigenvalue weighted by atomic mass is 10.2. The number of hydrogen-bond acceptors (Lipinski definition) is 4. The summed E-state index contributed by atoms with van der Waals surface area (Å²) in [5.74, 6) is 0. The van der Waals surface area contributed by atoms with Crippen LogP contribution in [0.3, 0.4) is 0 Å². The number of aliphatic hydroxyl groups excluding tert-OH is 1. The molecule has 0 radical (unpaired) electrons. The molecule has 0 bridgehead atoms. The quantitative estimate of drug-likeness (QED) is 0.821. The van der Waals surface area contributed by atoms with Crippen molar-refractivity contribution in [2.24, 2.45) is 0 Å². The van der Waals surface area contributed by atoms with Gasteiger partial charge in [0.15, 0.2) is 0 Å². The Balaban J connectivity index is 1.88. The van der Waals surface area contributed by atoms with Gasteiger partial charge in [-0.05, 0) is 32.3 Å². The summed E-state index contributed by atoms with van der Waals surface area (Å²) < 4.78 is 0. The maximum absolute atomic E-state index is 9.80. The standard InChI is InChI=1S/C16H21ClN2OS/c1-19(2)11-12(20)9-18-10-13-7-8-16(21-13)14-5-3-4-6-15(14)17/h3-8,12,18,20H,9-11H2,1-2H3. The molecule has 0 spiro atoms. The molecule has 0 saturated carbocycles. The third-order valence-electron chi connectivity index (χ3n) is 3.06. The number of nitrogens with zero attached hydrogens (tertiary/aromatic N) is 1. The van der Waals surface area contributed by atoms with Crippen molar-refractivity contribution in [2.45, 2.75) is 12.6 Å². The van der Waals surface area contributed by atoms with Gasteiger partial charge < -0.3 is 15.3 Å². The highest BCUT2D eigenvalue weighted by atomic mass is 35.5. The third-order valence-corrected chi connectivity index (χ3v) is 4.50. The van der Waals surface area contributed by atoms with Crippen LogP contribution in [0.25, 0.3) is 10.4 Å². The first-order valence-electron chi connectivity index (χ1n) is 6.93. The molecule has 0 aliphatic rings. The van der Waals surface area contributed by atoms with Crippen LogP contribution in [0.1, 0.15) is 4.88 Å². The normalized spacial score (nSPS) is 12.8. The van der Waals surface area contributed by atoms with E-state index in [0.717, 1.165) is 17.1 Å². The Morgan fingerprint density at radius 1 is 1.24 bits per heavy atom. The molecule has 1 atom stereocenters. The SMILES string of the molecule is CN(C)CC(O)CNCc1ccc(-c2ccccc2Cl)s1. The van der Waals surface area contributed by atoms with Crippen LogP contribution in [-0.4, -0.2) is 43.3 Å². The van der Waals surface area contributed by atoms with Crippen molar-refractivity contribution in [1.29, 1.82) is 0 Å². The van der Waals surface area contributed by atoms with Gasteiger partial charge in [0.25, 0.3) is 0 Å². The Morgan fingerprint density at radius 2 is 2.00 bits per heavy atom.